The summed E-state index contributed by atoms with van der Waals surface area (Å²) in [6, 6.07) is 2.16. The molecule has 3 aromatic heterocycles. The number of thiazole rings is 1. The Morgan fingerprint density at radius 1 is 1.17 bits per heavy atom. The number of nitrogens with zero attached hydrogens (tertiary/aromatic N) is 6. The van der Waals surface area contributed by atoms with E-state index in [1.165, 1.54) is 21.9 Å². The van der Waals surface area contributed by atoms with E-state index in [1.54, 1.807) is 42.1 Å². The van der Waals surface area contributed by atoms with Gasteiger partial charge in [0.2, 0.25) is 11.6 Å². The number of carbonyl (C=O) groups excluding carboxylic acids is 1. The number of hydrogen-bond donors (Lipinski definition) is 0. The first-order valence-corrected chi connectivity index (χ1v) is 13.1. The van der Waals surface area contributed by atoms with Crippen LogP contribution in [0.25, 0.3) is 16.3 Å². The van der Waals surface area contributed by atoms with Gasteiger partial charge >= 0.3 is 21.7 Å². The lowest BCUT2D eigenvalue weighted by Gasteiger charge is -2.55. The lowest BCUT2D eigenvalue weighted by molar-refractivity contribution is -0.0500. The Labute approximate surface area is 207 Å². The highest BCUT2D eigenvalue weighted by Crippen LogP contribution is 2.37. The molecule has 2 unspecified atom stereocenters. The molecule has 6 rings (SSSR count). The number of aromatic nitrogens is 4. The number of halogens is 3. The maximum Gasteiger partial charge on any atom is 0.534 e. The van der Waals surface area contributed by atoms with Gasteiger partial charge in [0.25, 0.3) is 0 Å². The van der Waals surface area contributed by atoms with Crippen LogP contribution in [0.4, 0.5) is 23.9 Å². The third kappa shape index (κ3) is 4.31. The first kappa shape index (κ1) is 24.5. The number of piperidine rings is 1. The minimum atomic E-state index is -5.92. The minimum Gasteiger partial charge on any atom is -0.444 e. The minimum absolute atomic E-state index is 0.148. The monoisotopic (exact) mass is 546 g/mol. The van der Waals surface area contributed by atoms with E-state index in [0.29, 0.717) is 23.8 Å². The molecule has 1 amide bonds. The highest BCUT2D eigenvalue weighted by Gasteiger charge is 2.50. The molecule has 0 saturated carbocycles. The standard InChI is InChI=1S/C20H21F3N6O5S2/c1-19(2,3)33-18(30)28-11-8-12(28)10-27(9-11)17-25-15-14(34-36(31,32)20(21,22)23)5-4-13(29(15)26-17)16-24-6-7-35-16/h4-7,11-12H,8-10H2,1-3H3. The van der Waals surface area contributed by atoms with Crippen molar-refractivity contribution in [2.24, 2.45) is 0 Å². The van der Waals surface area contributed by atoms with Crippen LogP contribution in [0.3, 0.4) is 0 Å². The predicted octanol–water partition coefficient (Wildman–Crippen LogP) is 3.28. The number of hydrogen-bond acceptors (Lipinski definition) is 10. The summed E-state index contributed by atoms with van der Waals surface area (Å²) in [5.41, 5.74) is -6.06. The highest BCUT2D eigenvalue weighted by atomic mass is 32.2. The van der Waals surface area contributed by atoms with Gasteiger partial charge in [-0.15, -0.1) is 16.4 Å². The van der Waals surface area contributed by atoms with Crippen LogP contribution in [0.5, 0.6) is 5.75 Å². The molecule has 2 bridgehead atoms. The zero-order valence-corrected chi connectivity index (χ0v) is 20.9. The molecule has 0 spiro atoms. The van der Waals surface area contributed by atoms with Crippen LogP contribution in [0.1, 0.15) is 27.2 Å². The third-order valence-electron chi connectivity index (χ3n) is 5.65. The van der Waals surface area contributed by atoms with Crippen molar-refractivity contribution < 1.29 is 35.3 Å². The summed E-state index contributed by atoms with van der Waals surface area (Å²) in [7, 11) is -5.92. The average Bonchev–Trinajstić information content (AvgIpc) is 3.42. The van der Waals surface area contributed by atoms with E-state index in [4.69, 9.17) is 4.74 Å². The number of ether oxygens (including phenoxy) is 1. The second kappa shape index (κ2) is 8.19. The Balaban J connectivity index is 1.47. The summed E-state index contributed by atoms with van der Waals surface area (Å²) in [6.07, 6.45) is 1.91. The van der Waals surface area contributed by atoms with Gasteiger partial charge in [0.1, 0.15) is 16.3 Å². The number of amides is 1. The van der Waals surface area contributed by atoms with Crippen molar-refractivity contribution in [3.05, 3.63) is 23.7 Å². The van der Waals surface area contributed by atoms with Crippen molar-refractivity contribution in [1.29, 1.82) is 0 Å². The first-order valence-electron chi connectivity index (χ1n) is 10.8. The molecule has 16 heteroatoms. The van der Waals surface area contributed by atoms with Crippen LogP contribution < -0.4 is 9.08 Å². The van der Waals surface area contributed by atoms with Gasteiger partial charge in [-0.05, 0) is 39.3 Å². The van der Waals surface area contributed by atoms with E-state index in [0.717, 1.165) is 12.5 Å². The topological polar surface area (TPSA) is 119 Å². The summed E-state index contributed by atoms with van der Waals surface area (Å²) >= 11 is 1.26. The molecule has 0 N–H and O–H groups in total. The van der Waals surface area contributed by atoms with Gasteiger partial charge < -0.3 is 13.8 Å². The van der Waals surface area contributed by atoms with E-state index in [9.17, 15) is 26.4 Å². The second-order valence-corrected chi connectivity index (χ2v) is 11.8. The summed E-state index contributed by atoms with van der Waals surface area (Å²) in [6.45, 7) is 6.09. The molecule has 3 aliphatic heterocycles. The first-order chi connectivity index (χ1) is 16.7. The summed E-state index contributed by atoms with van der Waals surface area (Å²) in [4.78, 5) is 24.5. The van der Waals surface area contributed by atoms with Gasteiger partial charge in [0.05, 0.1) is 12.1 Å². The van der Waals surface area contributed by atoms with Crippen LogP contribution in [-0.4, -0.2) is 75.3 Å². The Bertz CT molecular complexity index is 1410. The van der Waals surface area contributed by atoms with Gasteiger partial charge in [0, 0.05) is 24.7 Å². The Morgan fingerprint density at radius 3 is 2.44 bits per heavy atom. The van der Waals surface area contributed by atoms with Crippen LogP contribution in [0.15, 0.2) is 23.7 Å². The van der Waals surface area contributed by atoms with E-state index >= 15 is 0 Å². The fraction of sp³-hybridized carbons (Fsp3) is 0.500. The maximum atomic E-state index is 13.0. The molecule has 0 aromatic carbocycles. The molecular weight excluding hydrogens is 525 g/mol. The number of carbonyl (C=O) groups is 1. The molecule has 2 atom stereocenters. The quantitative estimate of drug-likeness (QED) is 0.359. The lowest BCUT2D eigenvalue weighted by Crippen LogP contribution is -2.70. The van der Waals surface area contributed by atoms with Crippen LogP contribution in [-0.2, 0) is 14.9 Å². The summed E-state index contributed by atoms with van der Waals surface area (Å²) in [5, 5.41) is 6.65. The number of fused-ring (bicyclic) bond motifs is 3. The van der Waals surface area contributed by atoms with Gasteiger partial charge in [-0.2, -0.15) is 26.6 Å². The molecule has 6 heterocycles. The largest absolute Gasteiger partial charge is 0.534 e. The van der Waals surface area contributed by atoms with Crippen molar-refractivity contribution >= 4 is 39.1 Å². The molecule has 3 aromatic rings. The van der Waals surface area contributed by atoms with Gasteiger partial charge in [0.15, 0.2) is 5.75 Å². The number of piperazine rings is 1. The molecule has 3 saturated heterocycles. The van der Waals surface area contributed by atoms with E-state index in [1.807, 2.05) is 0 Å². The summed E-state index contributed by atoms with van der Waals surface area (Å²) in [5.74, 6) is -0.462. The fourth-order valence-corrected chi connectivity index (χ4v) is 5.30. The van der Waals surface area contributed by atoms with E-state index in [-0.39, 0.29) is 23.7 Å². The number of pyridine rings is 1. The van der Waals surface area contributed by atoms with Crippen LogP contribution in [0.2, 0.25) is 0 Å². The van der Waals surface area contributed by atoms with Crippen molar-refractivity contribution in [3.63, 3.8) is 0 Å². The second-order valence-electron chi connectivity index (χ2n) is 9.39. The fourth-order valence-electron chi connectivity index (χ4n) is 4.19. The predicted molar refractivity (Wildman–Crippen MR) is 122 cm³/mol. The van der Waals surface area contributed by atoms with Gasteiger partial charge in [-0.25, -0.2) is 14.3 Å². The molecule has 194 valence electrons. The Kier molecular flexibility index (Phi) is 5.59. The zero-order chi connectivity index (χ0) is 26.0. The third-order valence-corrected chi connectivity index (χ3v) is 7.41. The normalized spacial score (nSPS) is 20.4. The lowest BCUT2D eigenvalue weighted by atomic mass is 9.88. The van der Waals surface area contributed by atoms with Crippen molar-refractivity contribution in [2.75, 3.05) is 18.0 Å². The van der Waals surface area contributed by atoms with E-state index in [2.05, 4.69) is 19.2 Å². The number of anilines is 1. The molecule has 0 radical (unpaired) electrons. The van der Waals surface area contributed by atoms with Crippen molar-refractivity contribution in [2.45, 2.75) is 50.4 Å². The highest BCUT2D eigenvalue weighted by molar-refractivity contribution is 7.88. The van der Waals surface area contributed by atoms with Gasteiger partial charge in [-0.1, -0.05) is 0 Å². The van der Waals surface area contributed by atoms with Gasteiger partial charge in [-0.3, -0.25) is 4.90 Å². The molecule has 3 fully saturated rings. The van der Waals surface area contributed by atoms with Crippen molar-refractivity contribution in [1.82, 2.24) is 24.5 Å². The SMILES string of the molecule is CC(C)(C)OC(=O)N1C2CC1CN(c1nc3c(OS(=O)(=O)C(F)(F)F)ccc(-c4nccs4)n3n1)C2. The average molecular weight is 547 g/mol. The van der Waals surface area contributed by atoms with Crippen molar-refractivity contribution in [3.8, 4) is 16.5 Å². The molecule has 11 nitrogen and oxygen atoms in total. The molecule has 36 heavy (non-hydrogen) atoms. The molecule has 3 aliphatic rings. The maximum absolute atomic E-state index is 13.0. The van der Waals surface area contributed by atoms with Crippen LogP contribution >= 0.6 is 11.3 Å². The van der Waals surface area contributed by atoms with Crippen LogP contribution in [0, 0.1) is 0 Å². The summed E-state index contributed by atoms with van der Waals surface area (Å²) < 4.78 is 73.3. The van der Waals surface area contributed by atoms with E-state index < -0.39 is 33.1 Å². The smallest absolute Gasteiger partial charge is 0.444 e. The number of rotatable bonds is 4. The Morgan fingerprint density at radius 2 is 1.86 bits per heavy atom. The number of alkyl halides is 3. The molecular formula is C20H21F3N6O5S2. The zero-order valence-electron chi connectivity index (χ0n) is 19.3. The molecule has 0 aliphatic carbocycles. The Hall–Kier alpha value is -3.14.